The van der Waals surface area contributed by atoms with E-state index in [1.807, 2.05) is 0 Å². The third-order valence-corrected chi connectivity index (χ3v) is 4.51. The van der Waals surface area contributed by atoms with Crippen LogP contribution in [0.3, 0.4) is 0 Å². The van der Waals surface area contributed by atoms with Crippen molar-refractivity contribution in [3.63, 3.8) is 0 Å². The van der Waals surface area contributed by atoms with Gasteiger partial charge in [0.05, 0.1) is 5.92 Å². The predicted octanol–water partition coefficient (Wildman–Crippen LogP) is 3.48. The molecule has 0 unspecified atom stereocenters. The number of hydrogen-bond acceptors (Lipinski definition) is 3. The molecule has 0 aliphatic heterocycles. The number of likely N-dealkylation sites (N-methyl/N-ethyl adjacent to an activating group) is 1. The van der Waals surface area contributed by atoms with Gasteiger partial charge in [-0.05, 0) is 38.3 Å². The van der Waals surface area contributed by atoms with Crippen LogP contribution >= 0.6 is 0 Å². The number of carbonyl (C=O) groups excluding carboxylic acids is 1. The lowest BCUT2D eigenvalue weighted by molar-refractivity contribution is -0.151. The van der Waals surface area contributed by atoms with E-state index in [0.717, 1.165) is 26.1 Å². The van der Waals surface area contributed by atoms with E-state index in [1.165, 1.54) is 32.1 Å². The molecular weight excluding hydrogens is 238 g/mol. The fourth-order valence-electron chi connectivity index (χ4n) is 3.15. The third-order valence-electron chi connectivity index (χ3n) is 4.51. The van der Waals surface area contributed by atoms with Gasteiger partial charge in [0, 0.05) is 6.54 Å². The molecule has 0 aromatic rings. The first-order valence-corrected chi connectivity index (χ1v) is 8.11. The molecule has 112 valence electrons. The molecule has 1 aliphatic rings. The second kappa shape index (κ2) is 9.35. The van der Waals surface area contributed by atoms with E-state index in [1.54, 1.807) is 0 Å². The zero-order chi connectivity index (χ0) is 14.1. The number of ether oxygens (including phenoxy) is 1. The molecule has 1 aliphatic carbocycles. The van der Waals surface area contributed by atoms with Crippen LogP contribution in [-0.4, -0.2) is 37.1 Å². The molecule has 0 aromatic carbocycles. The van der Waals surface area contributed by atoms with E-state index < -0.39 is 0 Å². The van der Waals surface area contributed by atoms with Crippen LogP contribution in [0.15, 0.2) is 0 Å². The van der Waals surface area contributed by atoms with Gasteiger partial charge in [-0.25, -0.2) is 0 Å². The molecule has 1 atom stereocenters. The van der Waals surface area contributed by atoms with Crippen LogP contribution in [-0.2, 0) is 9.53 Å². The van der Waals surface area contributed by atoms with E-state index in [4.69, 9.17) is 4.74 Å². The maximum Gasteiger partial charge on any atom is 0.309 e. The zero-order valence-corrected chi connectivity index (χ0v) is 13.0. The minimum absolute atomic E-state index is 0.0431. The molecule has 1 rings (SSSR count). The lowest BCUT2D eigenvalue weighted by atomic mass is 9.79. The molecule has 0 heterocycles. The summed E-state index contributed by atoms with van der Waals surface area (Å²) in [5.74, 6) is 0.748. The summed E-state index contributed by atoms with van der Waals surface area (Å²) in [6, 6.07) is 0. The van der Waals surface area contributed by atoms with Crippen LogP contribution in [0, 0.1) is 11.8 Å². The van der Waals surface area contributed by atoms with Crippen LogP contribution in [0.1, 0.15) is 59.3 Å². The molecule has 0 saturated heterocycles. The van der Waals surface area contributed by atoms with Gasteiger partial charge in [-0.3, -0.25) is 4.79 Å². The summed E-state index contributed by atoms with van der Waals surface area (Å²) in [5, 5.41) is 0. The Morgan fingerprint density at radius 2 is 1.79 bits per heavy atom. The average Bonchev–Trinajstić information content (AvgIpc) is 2.45. The van der Waals surface area contributed by atoms with E-state index >= 15 is 0 Å². The standard InChI is InChI=1S/C16H31NO2/c1-4-15(14-10-8-7-9-11-14)16(18)19-13-12-17(5-2)6-3/h14-15H,4-13H2,1-3H3/t15-/m0/s1. The zero-order valence-electron chi connectivity index (χ0n) is 13.0. The van der Waals surface area contributed by atoms with E-state index in [-0.39, 0.29) is 11.9 Å². The van der Waals surface area contributed by atoms with Crippen LogP contribution in [0.25, 0.3) is 0 Å². The maximum absolute atomic E-state index is 12.2. The van der Waals surface area contributed by atoms with Crippen molar-refractivity contribution in [2.24, 2.45) is 11.8 Å². The monoisotopic (exact) mass is 269 g/mol. The number of carbonyl (C=O) groups is 1. The molecular formula is C16H31NO2. The molecule has 0 radical (unpaired) electrons. The van der Waals surface area contributed by atoms with E-state index in [9.17, 15) is 4.79 Å². The Bertz CT molecular complexity index is 245. The molecule has 0 bridgehead atoms. The maximum atomic E-state index is 12.2. The Morgan fingerprint density at radius 1 is 1.16 bits per heavy atom. The van der Waals surface area contributed by atoms with Crippen molar-refractivity contribution in [1.82, 2.24) is 4.90 Å². The number of nitrogens with zero attached hydrogens (tertiary/aromatic N) is 1. The van der Waals surface area contributed by atoms with Gasteiger partial charge in [-0.2, -0.15) is 0 Å². The van der Waals surface area contributed by atoms with Gasteiger partial charge in [0.25, 0.3) is 0 Å². The molecule has 0 amide bonds. The third kappa shape index (κ3) is 5.52. The van der Waals surface area contributed by atoms with Crippen LogP contribution < -0.4 is 0 Å². The summed E-state index contributed by atoms with van der Waals surface area (Å²) in [6.07, 6.45) is 7.26. The molecule has 3 heteroatoms. The fraction of sp³-hybridized carbons (Fsp3) is 0.938. The number of hydrogen-bond donors (Lipinski definition) is 0. The van der Waals surface area contributed by atoms with Gasteiger partial charge in [0.2, 0.25) is 0 Å². The van der Waals surface area contributed by atoms with Crippen molar-refractivity contribution in [1.29, 1.82) is 0 Å². The number of rotatable bonds is 8. The van der Waals surface area contributed by atoms with Crippen molar-refractivity contribution in [3.8, 4) is 0 Å². The van der Waals surface area contributed by atoms with Crippen molar-refractivity contribution >= 4 is 5.97 Å². The smallest absolute Gasteiger partial charge is 0.309 e. The summed E-state index contributed by atoms with van der Waals surface area (Å²) in [5.41, 5.74) is 0. The first kappa shape index (κ1) is 16.5. The first-order chi connectivity index (χ1) is 9.22. The van der Waals surface area contributed by atoms with E-state index in [2.05, 4.69) is 25.7 Å². The van der Waals surface area contributed by atoms with Crippen LogP contribution in [0.2, 0.25) is 0 Å². The number of esters is 1. The summed E-state index contributed by atoms with van der Waals surface area (Å²) in [6.45, 7) is 9.85. The molecule has 19 heavy (non-hydrogen) atoms. The molecule has 0 aromatic heterocycles. The van der Waals surface area contributed by atoms with Crippen LogP contribution in [0.4, 0.5) is 0 Å². The van der Waals surface area contributed by atoms with E-state index in [0.29, 0.717) is 12.5 Å². The highest BCUT2D eigenvalue weighted by Crippen LogP contribution is 2.32. The van der Waals surface area contributed by atoms with Crippen molar-refractivity contribution in [2.75, 3.05) is 26.2 Å². The van der Waals surface area contributed by atoms with Gasteiger partial charge >= 0.3 is 5.97 Å². The van der Waals surface area contributed by atoms with Gasteiger partial charge in [0.1, 0.15) is 6.61 Å². The molecule has 1 saturated carbocycles. The molecule has 3 nitrogen and oxygen atoms in total. The minimum Gasteiger partial charge on any atom is -0.464 e. The summed E-state index contributed by atoms with van der Waals surface area (Å²) < 4.78 is 5.50. The second-order valence-electron chi connectivity index (χ2n) is 5.61. The van der Waals surface area contributed by atoms with Crippen molar-refractivity contribution in [3.05, 3.63) is 0 Å². The highest BCUT2D eigenvalue weighted by molar-refractivity contribution is 5.72. The van der Waals surface area contributed by atoms with Crippen molar-refractivity contribution < 1.29 is 9.53 Å². The summed E-state index contributed by atoms with van der Waals surface area (Å²) in [4.78, 5) is 14.5. The highest BCUT2D eigenvalue weighted by atomic mass is 16.5. The lowest BCUT2D eigenvalue weighted by Crippen LogP contribution is -2.31. The average molecular weight is 269 g/mol. The topological polar surface area (TPSA) is 29.5 Å². The Balaban J connectivity index is 2.32. The Kier molecular flexibility index (Phi) is 8.11. The van der Waals surface area contributed by atoms with Gasteiger partial charge in [-0.15, -0.1) is 0 Å². The molecule has 1 fully saturated rings. The summed E-state index contributed by atoms with van der Waals surface area (Å²) in [7, 11) is 0. The van der Waals surface area contributed by atoms with Gasteiger partial charge in [-0.1, -0.05) is 40.0 Å². The van der Waals surface area contributed by atoms with Gasteiger partial charge in [0.15, 0.2) is 0 Å². The van der Waals surface area contributed by atoms with Crippen molar-refractivity contribution in [2.45, 2.75) is 59.3 Å². The fourth-order valence-corrected chi connectivity index (χ4v) is 3.15. The Morgan fingerprint density at radius 3 is 2.32 bits per heavy atom. The summed E-state index contributed by atoms with van der Waals surface area (Å²) >= 11 is 0. The lowest BCUT2D eigenvalue weighted by Gasteiger charge is -2.28. The van der Waals surface area contributed by atoms with Gasteiger partial charge < -0.3 is 9.64 Å². The predicted molar refractivity (Wildman–Crippen MR) is 79.1 cm³/mol. The molecule has 0 N–H and O–H groups in total. The van der Waals surface area contributed by atoms with Crippen LogP contribution in [0.5, 0.6) is 0 Å². The highest BCUT2D eigenvalue weighted by Gasteiger charge is 2.29. The quantitative estimate of drug-likeness (QED) is 0.632. The SMILES string of the molecule is CC[C@H](C(=O)OCCN(CC)CC)C1CCCCC1. The Hall–Kier alpha value is -0.570. The molecule has 0 spiro atoms. The second-order valence-corrected chi connectivity index (χ2v) is 5.61. The minimum atomic E-state index is 0.0431. The first-order valence-electron chi connectivity index (χ1n) is 8.11. The Labute approximate surface area is 118 Å². The largest absolute Gasteiger partial charge is 0.464 e. The normalized spacial score (nSPS) is 18.5.